The highest BCUT2D eigenvalue weighted by Crippen LogP contribution is 2.29. The van der Waals surface area contributed by atoms with Crippen molar-refractivity contribution in [3.8, 4) is 11.5 Å². The highest BCUT2D eigenvalue weighted by molar-refractivity contribution is 7.89. The average Bonchev–Trinajstić information content (AvgIpc) is 2.63. The van der Waals surface area contributed by atoms with Crippen molar-refractivity contribution < 1.29 is 17.9 Å². The summed E-state index contributed by atoms with van der Waals surface area (Å²) in [4.78, 5) is 11.8. The Morgan fingerprint density at radius 1 is 1.15 bits per heavy atom. The van der Waals surface area contributed by atoms with Crippen LogP contribution in [0.3, 0.4) is 0 Å². The Morgan fingerprint density at radius 3 is 2.58 bits per heavy atom. The van der Waals surface area contributed by atoms with Crippen LogP contribution in [0.15, 0.2) is 53.4 Å². The van der Waals surface area contributed by atoms with Gasteiger partial charge in [0.15, 0.2) is 0 Å². The predicted molar refractivity (Wildman–Crippen MR) is 98.9 cm³/mol. The number of benzene rings is 2. The Bertz CT molecular complexity index is 884. The first kappa shape index (κ1) is 18.7. The first-order valence-corrected chi connectivity index (χ1v) is 10.1. The SMILES string of the molecule is O=C1NCCC[C@@H]1CNS(=O)(=O)c1ccc(Oc2ccccc2Cl)cc1. The predicted octanol–water partition coefficient (Wildman–Crippen LogP) is 2.94. The molecule has 0 aromatic heterocycles. The van der Waals surface area contributed by atoms with Gasteiger partial charge in [0.2, 0.25) is 15.9 Å². The topological polar surface area (TPSA) is 84.5 Å². The van der Waals surface area contributed by atoms with Gasteiger partial charge in [0.25, 0.3) is 0 Å². The number of rotatable bonds is 6. The first-order valence-electron chi connectivity index (χ1n) is 8.25. The summed E-state index contributed by atoms with van der Waals surface area (Å²) in [7, 11) is -3.69. The molecule has 0 saturated carbocycles. The van der Waals surface area contributed by atoms with E-state index in [9.17, 15) is 13.2 Å². The number of amides is 1. The van der Waals surface area contributed by atoms with Gasteiger partial charge < -0.3 is 10.1 Å². The molecule has 0 spiro atoms. The van der Waals surface area contributed by atoms with Crippen molar-refractivity contribution in [3.63, 3.8) is 0 Å². The normalized spacial score (nSPS) is 17.6. The molecule has 6 nitrogen and oxygen atoms in total. The lowest BCUT2D eigenvalue weighted by molar-refractivity contribution is -0.126. The molecule has 26 heavy (non-hydrogen) atoms. The maximum atomic E-state index is 12.4. The van der Waals surface area contributed by atoms with Crippen LogP contribution in [0.25, 0.3) is 0 Å². The van der Waals surface area contributed by atoms with Gasteiger partial charge in [-0.1, -0.05) is 23.7 Å². The Kier molecular flexibility index (Phi) is 5.80. The van der Waals surface area contributed by atoms with Gasteiger partial charge in [-0.2, -0.15) is 0 Å². The summed E-state index contributed by atoms with van der Waals surface area (Å²) in [5.74, 6) is 0.527. The summed E-state index contributed by atoms with van der Waals surface area (Å²) in [6.07, 6.45) is 1.53. The fourth-order valence-electron chi connectivity index (χ4n) is 2.67. The van der Waals surface area contributed by atoms with Gasteiger partial charge in [-0.3, -0.25) is 4.79 Å². The summed E-state index contributed by atoms with van der Waals surface area (Å²) in [5.41, 5.74) is 0. The fourth-order valence-corrected chi connectivity index (χ4v) is 3.92. The minimum atomic E-state index is -3.69. The number of hydrogen-bond donors (Lipinski definition) is 2. The highest BCUT2D eigenvalue weighted by atomic mass is 35.5. The number of ether oxygens (including phenoxy) is 1. The van der Waals surface area contributed by atoms with Crippen molar-refractivity contribution in [2.45, 2.75) is 17.7 Å². The highest BCUT2D eigenvalue weighted by Gasteiger charge is 2.24. The third kappa shape index (κ3) is 4.55. The number of hydrogen-bond acceptors (Lipinski definition) is 4. The molecule has 1 amide bonds. The van der Waals surface area contributed by atoms with E-state index in [0.717, 1.165) is 6.42 Å². The number of carbonyl (C=O) groups excluding carboxylic acids is 1. The van der Waals surface area contributed by atoms with E-state index in [4.69, 9.17) is 16.3 Å². The van der Waals surface area contributed by atoms with E-state index in [2.05, 4.69) is 10.0 Å². The fraction of sp³-hybridized carbons (Fsp3) is 0.278. The molecule has 3 rings (SSSR count). The number of piperidine rings is 1. The summed E-state index contributed by atoms with van der Waals surface area (Å²) >= 11 is 6.04. The second-order valence-electron chi connectivity index (χ2n) is 5.99. The van der Waals surface area contributed by atoms with Crippen LogP contribution in [0, 0.1) is 5.92 Å². The van der Waals surface area contributed by atoms with E-state index in [1.54, 1.807) is 36.4 Å². The minimum absolute atomic E-state index is 0.0893. The second kappa shape index (κ2) is 8.07. The van der Waals surface area contributed by atoms with Crippen LogP contribution in [0.5, 0.6) is 11.5 Å². The second-order valence-corrected chi connectivity index (χ2v) is 8.16. The molecule has 1 heterocycles. The Morgan fingerprint density at radius 2 is 1.88 bits per heavy atom. The molecule has 2 N–H and O–H groups in total. The van der Waals surface area contributed by atoms with E-state index in [-0.39, 0.29) is 23.3 Å². The third-order valence-corrected chi connectivity index (χ3v) is 5.87. The van der Waals surface area contributed by atoms with Gasteiger partial charge >= 0.3 is 0 Å². The van der Waals surface area contributed by atoms with Gasteiger partial charge in [0.05, 0.1) is 15.8 Å². The first-order chi connectivity index (χ1) is 12.5. The van der Waals surface area contributed by atoms with Crippen molar-refractivity contribution in [1.29, 1.82) is 0 Å². The molecule has 2 aromatic rings. The molecule has 2 aromatic carbocycles. The van der Waals surface area contributed by atoms with Gasteiger partial charge in [-0.15, -0.1) is 0 Å². The third-order valence-electron chi connectivity index (χ3n) is 4.12. The monoisotopic (exact) mass is 394 g/mol. The van der Waals surface area contributed by atoms with Crippen molar-refractivity contribution in [3.05, 3.63) is 53.6 Å². The molecule has 0 bridgehead atoms. The molecule has 0 radical (unpaired) electrons. The largest absolute Gasteiger partial charge is 0.456 e. The van der Waals surface area contributed by atoms with Crippen molar-refractivity contribution >= 4 is 27.5 Å². The summed E-state index contributed by atoms with van der Waals surface area (Å²) in [5, 5.41) is 3.21. The number of sulfonamides is 1. The zero-order valence-corrected chi connectivity index (χ0v) is 15.5. The molecule has 0 unspecified atom stereocenters. The van der Waals surface area contributed by atoms with Crippen molar-refractivity contribution in [2.75, 3.05) is 13.1 Å². The number of nitrogens with one attached hydrogen (secondary N) is 2. The smallest absolute Gasteiger partial charge is 0.240 e. The maximum absolute atomic E-state index is 12.4. The standard InChI is InChI=1S/C18H19ClN2O4S/c19-16-5-1-2-6-17(16)25-14-7-9-15(10-8-14)26(23,24)21-12-13-4-3-11-20-18(13)22/h1-2,5-10,13,21H,3-4,11-12H2,(H,20,22)/t13-/m1/s1. The molecule has 138 valence electrons. The van der Waals surface area contributed by atoms with E-state index >= 15 is 0 Å². The van der Waals surface area contributed by atoms with Gasteiger partial charge in [-0.25, -0.2) is 13.1 Å². The summed E-state index contributed by atoms with van der Waals surface area (Å²) < 4.78 is 33.0. The average molecular weight is 395 g/mol. The Balaban J connectivity index is 1.65. The minimum Gasteiger partial charge on any atom is -0.456 e. The molecular formula is C18H19ClN2O4S. The lowest BCUT2D eigenvalue weighted by Crippen LogP contribution is -2.42. The molecule has 1 saturated heterocycles. The number of para-hydroxylation sites is 1. The zero-order valence-electron chi connectivity index (χ0n) is 13.9. The van der Waals surface area contributed by atoms with E-state index in [0.29, 0.717) is 29.5 Å². The summed E-state index contributed by atoms with van der Waals surface area (Å²) in [6.45, 7) is 0.737. The maximum Gasteiger partial charge on any atom is 0.240 e. The van der Waals surface area contributed by atoms with E-state index in [1.165, 1.54) is 12.1 Å². The Hall–Kier alpha value is -2.09. The van der Waals surface area contributed by atoms with Crippen LogP contribution in [-0.4, -0.2) is 27.4 Å². The van der Waals surface area contributed by atoms with E-state index < -0.39 is 10.0 Å². The van der Waals surface area contributed by atoms with Crippen LogP contribution in [0.4, 0.5) is 0 Å². The van der Waals surface area contributed by atoms with Crippen LogP contribution < -0.4 is 14.8 Å². The molecule has 1 fully saturated rings. The summed E-state index contributed by atoms with van der Waals surface area (Å²) in [6, 6.07) is 13.1. The van der Waals surface area contributed by atoms with Gasteiger partial charge in [0.1, 0.15) is 11.5 Å². The molecule has 0 aliphatic carbocycles. The van der Waals surface area contributed by atoms with Crippen molar-refractivity contribution in [2.24, 2.45) is 5.92 Å². The van der Waals surface area contributed by atoms with Gasteiger partial charge in [0, 0.05) is 13.1 Å². The molecule has 8 heteroatoms. The van der Waals surface area contributed by atoms with Crippen LogP contribution in [0.2, 0.25) is 5.02 Å². The number of carbonyl (C=O) groups is 1. The zero-order chi connectivity index (χ0) is 18.6. The lowest BCUT2D eigenvalue weighted by atomic mass is 9.99. The quantitative estimate of drug-likeness (QED) is 0.788. The molecular weight excluding hydrogens is 376 g/mol. The molecule has 1 atom stereocenters. The molecule has 1 aliphatic rings. The van der Waals surface area contributed by atoms with Crippen molar-refractivity contribution in [1.82, 2.24) is 10.0 Å². The lowest BCUT2D eigenvalue weighted by Gasteiger charge is -2.21. The van der Waals surface area contributed by atoms with Crippen LogP contribution in [-0.2, 0) is 14.8 Å². The Labute approximate surface area is 157 Å². The van der Waals surface area contributed by atoms with E-state index in [1.807, 2.05) is 0 Å². The molecule has 1 aliphatic heterocycles. The van der Waals surface area contributed by atoms with Crippen LogP contribution >= 0.6 is 11.6 Å². The number of halogens is 1. The van der Waals surface area contributed by atoms with Crippen LogP contribution in [0.1, 0.15) is 12.8 Å². The van der Waals surface area contributed by atoms with Gasteiger partial charge in [-0.05, 0) is 49.2 Å².